The van der Waals surface area contributed by atoms with Gasteiger partial charge in [-0.05, 0) is 20.3 Å². The fourth-order valence-electron chi connectivity index (χ4n) is 1.15. The molecule has 0 saturated heterocycles. The van der Waals surface area contributed by atoms with Crippen LogP contribution in [0.5, 0.6) is 0 Å². The molecular formula is C8H20O3Si. The molecule has 0 unspecified atom stereocenters. The van der Waals surface area contributed by atoms with Gasteiger partial charge in [-0.3, -0.25) is 0 Å². The Morgan fingerprint density at radius 3 is 1.83 bits per heavy atom. The second kappa shape index (κ2) is 6.60. The molecule has 4 heteroatoms. The summed E-state index contributed by atoms with van der Waals surface area (Å²) in [6.45, 7) is 7.24. The van der Waals surface area contributed by atoms with Gasteiger partial charge in [0.2, 0.25) is 0 Å². The van der Waals surface area contributed by atoms with E-state index in [1.165, 1.54) is 0 Å². The predicted molar refractivity (Wildman–Crippen MR) is 51.9 cm³/mol. The Labute approximate surface area is 77.9 Å². The third-order valence-electron chi connectivity index (χ3n) is 1.60. The highest BCUT2D eigenvalue weighted by molar-refractivity contribution is 5.98. The first kappa shape index (κ1) is 12.1. The summed E-state index contributed by atoms with van der Waals surface area (Å²) in [5.41, 5.74) is 0. The number of ether oxygens (including phenoxy) is 2. The molecule has 0 aliphatic carbocycles. The molecule has 0 radical (unpaired) electrons. The van der Waals surface area contributed by atoms with Crippen molar-refractivity contribution in [2.24, 2.45) is 0 Å². The Morgan fingerprint density at radius 2 is 1.58 bits per heavy atom. The maximum atomic E-state index is 5.45. The summed E-state index contributed by atoms with van der Waals surface area (Å²) in [5.74, 6) is -0.746. The van der Waals surface area contributed by atoms with Crippen LogP contribution in [0.2, 0.25) is 0 Å². The van der Waals surface area contributed by atoms with Gasteiger partial charge in [0, 0.05) is 19.6 Å². The van der Waals surface area contributed by atoms with Crippen LogP contribution in [0.25, 0.3) is 0 Å². The number of hydrogen-bond acceptors (Lipinski definition) is 3. The minimum Gasteiger partial charge on any atom is -0.380 e. The van der Waals surface area contributed by atoms with E-state index in [1.54, 1.807) is 0 Å². The van der Waals surface area contributed by atoms with Gasteiger partial charge in [-0.2, -0.15) is 0 Å². The molecule has 0 spiro atoms. The van der Waals surface area contributed by atoms with Gasteiger partial charge in [0.15, 0.2) is 10.5 Å². The van der Waals surface area contributed by atoms with Crippen LogP contribution >= 0.6 is 0 Å². The van der Waals surface area contributed by atoms with Crippen LogP contribution < -0.4 is 0 Å². The number of hydrogen-bond donors (Lipinski definition) is 0. The van der Waals surface area contributed by atoms with Gasteiger partial charge in [-0.15, -0.1) is 0 Å². The smallest absolute Gasteiger partial charge is 0.272 e. The molecule has 74 valence electrons. The van der Waals surface area contributed by atoms with E-state index >= 15 is 0 Å². The van der Waals surface area contributed by atoms with Crippen molar-refractivity contribution in [3.63, 3.8) is 0 Å². The Bertz CT molecular complexity index is 91.5. The fraction of sp³-hybridized carbons (Fsp3) is 1.00. The van der Waals surface area contributed by atoms with Crippen LogP contribution in [0.4, 0.5) is 0 Å². The standard InChI is InChI=1S/C8H20O3Si/c1-4-7-8(11-12,9-5-2)10-6-3/h4-7H2,1-3,12H3. The molecule has 0 bridgehead atoms. The largest absolute Gasteiger partial charge is 0.380 e. The lowest BCUT2D eigenvalue weighted by Crippen LogP contribution is -2.38. The summed E-state index contributed by atoms with van der Waals surface area (Å²) < 4.78 is 16.3. The van der Waals surface area contributed by atoms with Crippen LogP contribution in [0.3, 0.4) is 0 Å². The van der Waals surface area contributed by atoms with E-state index in [0.29, 0.717) is 23.7 Å². The summed E-state index contributed by atoms with van der Waals surface area (Å²) in [4.78, 5) is 0. The molecule has 0 heterocycles. The SMILES string of the molecule is CCCC(O[SiH3])(OCC)OCC. The lowest BCUT2D eigenvalue weighted by atomic mass is 10.3. The molecule has 0 fully saturated rings. The first-order chi connectivity index (χ1) is 5.74. The maximum Gasteiger partial charge on any atom is 0.272 e. The van der Waals surface area contributed by atoms with E-state index in [-0.39, 0.29) is 0 Å². The summed E-state index contributed by atoms with van der Waals surface area (Å²) in [6, 6.07) is 0. The highest BCUT2D eigenvalue weighted by Crippen LogP contribution is 2.20. The zero-order chi connectivity index (χ0) is 9.45. The molecule has 0 N–H and O–H groups in total. The van der Waals surface area contributed by atoms with Gasteiger partial charge >= 0.3 is 0 Å². The Balaban J connectivity index is 4.06. The average Bonchev–Trinajstić information content (AvgIpc) is 2.06. The van der Waals surface area contributed by atoms with Gasteiger partial charge in [-0.1, -0.05) is 6.92 Å². The summed E-state index contributed by atoms with van der Waals surface area (Å²) in [5, 5.41) is 0. The summed E-state index contributed by atoms with van der Waals surface area (Å²) >= 11 is 0. The molecule has 0 aliphatic rings. The third-order valence-corrected chi connectivity index (χ3v) is 2.22. The van der Waals surface area contributed by atoms with Gasteiger partial charge in [0.25, 0.3) is 5.97 Å². The molecule has 0 saturated carbocycles. The first-order valence-corrected chi connectivity index (χ1v) is 5.39. The van der Waals surface area contributed by atoms with Crippen LogP contribution in [-0.4, -0.2) is 29.7 Å². The minimum absolute atomic E-state index is 0.627. The summed E-state index contributed by atoms with van der Waals surface area (Å²) in [6.07, 6.45) is 1.81. The molecule has 0 amide bonds. The van der Waals surface area contributed by atoms with E-state index in [9.17, 15) is 0 Å². The molecule has 0 atom stereocenters. The van der Waals surface area contributed by atoms with Crippen molar-refractivity contribution in [1.29, 1.82) is 0 Å². The van der Waals surface area contributed by atoms with Gasteiger partial charge in [0.05, 0.1) is 0 Å². The predicted octanol–water partition coefficient (Wildman–Crippen LogP) is 0.810. The van der Waals surface area contributed by atoms with Crippen molar-refractivity contribution >= 4 is 10.5 Å². The summed E-state index contributed by atoms with van der Waals surface area (Å²) in [7, 11) is 0.639. The average molecular weight is 192 g/mol. The lowest BCUT2D eigenvalue weighted by Gasteiger charge is -2.31. The molecule has 0 aromatic heterocycles. The second-order valence-corrected chi connectivity index (χ2v) is 2.91. The molecule has 0 aromatic carbocycles. The fourth-order valence-corrected chi connectivity index (χ4v) is 1.59. The zero-order valence-corrected chi connectivity index (χ0v) is 10.6. The van der Waals surface area contributed by atoms with E-state index in [0.717, 1.165) is 12.8 Å². The monoisotopic (exact) mass is 192 g/mol. The quantitative estimate of drug-likeness (QED) is 0.441. The van der Waals surface area contributed by atoms with Crippen LogP contribution in [0, 0.1) is 0 Å². The van der Waals surface area contributed by atoms with E-state index in [4.69, 9.17) is 13.9 Å². The zero-order valence-electron chi connectivity index (χ0n) is 8.55. The van der Waals surface area contributed by atoms with E-state index < -0.39 is 5.97 Å². The molecular weight excluding hydrogens is 172 g/mol. The van der Waals surface area contributed by atoms with E-state index in [2.05, 4.69) is 6.92 Å². The topological polar surface area (TPSA) is 27.7 Å². The van der Waals surface area contributed by atoms with Crippen molar-refractivity contribution in [2.75, 3.05) is 13.2 Å². The highest BCUT2D eigenvalue weighted by atomic mass is 28.2. The Morgan fingerprint density at radius 1 is 1.08 bits per heavy atom. The third kappa shape index (κ3) is 3.67. The second-order valence-electron chi connectivity index (χ2n) is 2.50. The highest BCUT2D eigenvalue weighted by Gasteiger charge is 2.29. The Kier molecular flexibility index (Phi) is 6.65. The van der Waals surface area contributed by atoms with Gasteiger partial charge in [-0.25, -0.2) is 0 Å². The maximum absolute atomic E-state index is 5.45. The molecule has 0 aromatic rings. The first-order valence-electron chi connectivity index (χ1n) is 4.57. The Hall–Kier alpha value is 0.0969. The molecule has 0 aliphatic heterocycles. The molecule has 3 nitrogen and oxygen atoms in total. The van der Waals surface area contributed by atoms with Crippen LogP contribution in [0.1, 0.15) is 33.6 Å². The normalized spacial score (nSPS) is 12.2. The van der Waals surface area contributed by atoms with Crippen molar-refractivity contribution < 1.29 is 13.9 Å². The van der Waals surface area contributed by atoms with Crippen LogP contribution in [0.15, 0.2) is 0 Å². The lowest BCUT2D eigenvalue weighted by molar-refractivity contribution is -0.343. The minimum atomic E-state index is -0.746. The van der Waals surface area contributed by atoms with Crippen molar-refractivity contribution in [2.45, 2.75) is 39.6 Å². The molecule has 0 rings (SSSR count). The number of rotatable bonds is 7. The van der Waals surface area contributed by atoms with Crippen LogP contribution in [-0.2, 0) is 13.9 Å². The van der Waals surface area contributed by atoms with Gasteiger partial charge < -0.3 is 13.9 Å². The van der Waals surface area contributed by atoms with Crippen molar-refractivity contribution in [1.82, 2.24) is 0 Å². The van der Waals surface area contributed by atoms with Crippen molar-refractivity contribution in [3.8, 4) is 0 Å². The molecule has 12 heavy (non-hydrogen) atoms. The van der Waals surface area contributed by atoms with Crippen molar-refractivity contribution in [3.05, 3.63) is 0 Å². The van der Waals surface area contributed by atoms with E-state index in [1.807, 2.05) is 13.8 Å². The van der Waals surface area contributed by atoms with Gasteiger partial charge in [0.1, 0.15) is 0 Å².